The number of hydrogen-bond acceptors (Lipinski definition) is 2. The molecule has 0 aromatic carbocycles. The number of aromatic nitrogens is 1. The highest BCUT2D eigenvalue weighted by molar-refractivity contribution is 5.76. The van der Waals surface area contributed by atoms with Crippen molar-refractivity contribution in [3.8, 4) is 0 Å². The van der Waals surface area contributed by atoms with Crippen LogP contribution in [0, 0.1) is 0 Å². The molecule has 0 radical (unpaired) electrons. The molecule has 0 spiro atoms. The van der Waals surface area contributed by atoms with Crippen molar-refractivity contribution >= 4 is 6.29 Å². The number of aldehydes is 1. The molecule has 1 heterocycles. The Morgan fingerprint density at radius 2 is 2.33 bits per heavy atom. The van der Waals surface area contributed by atoms with Crippen LogP contribution in [0.25, 0.3) is 0 Å². The molecule has 0 aliphatic carbocycles. The molecule has 12 heavy (non-hydrogen) atoms. The molecule has 0 unspecified atom stereocenters. The molecule has 3 heteroatoms. The summed E-state index contributed by atoms with van der Waals surface area (Å²) in [6.07, 6.45) is 5.64. The van der Waals surface area contributed by atoms with Crippen molar-refractivity contribution in [2.75, 3.05) is 6.54 Å². The summed E-state index contributed by atoms with van der Waals surface area (Å²) in [6.45, 7) is 0.719. The molecule has 1 aromatic rings. The predicted octanol–water partition coefficient (Wildman–Crippen LogP) is 1.11. The molecule has 1 rings (SSSR count). The van der Waals surface area contributed by atoms with Crippen molar-refractivity contribution in [2.45, 2.75) is 19.3 Å². The molecule has 0 aliphatic rings. The van der Waals surface area contributed by atoms with Crippen LogP contribution in [0.15, 0.2) is 12.3 Å². The van der Waals surface area contributed by atoms with Crippen LogP contribution in [-0.4, -0.2) is 17.8 Å². The van der Waals surface area contributed by atoms with E-state index >= 15 is 0 Å². The Morgan fingerprint density at radius 1 is 1.50 bits per heavy atom. The van der Waals surface area contributed by atoms with Gasteiger partial charge >= 0.3 is 0 Å². The molecule has 3 nitrogen and oxygen atoms in total. The van der Waals surface area contributed by atoms with Crippen LogP contribution >= 0.6 is 0 Å². The molecule has 0 saturated heterocycles. The van der Waals surface area contributed by atoms with Gasteiger partial charge in [0.25, 0.3) is 0 Å². The van der Waals surface area contributed by atoms with Crippen molar-refractivity contribution in [1.29, 1.82) is 0 Å². The zero-order valence-corrected chi connectivity index (χ0v) is 7.05. The van der Waals surface area contributed by atoms with Gasteiger partial charge in [0.05, 0.1) is 0 Å². The molecule has 0 aliphatic heterocycles. The van der Waals surface area contributed by atoms with Crippen LogP contribution in [0.2, 0.25) is 0 Å². The summed E-state index contributed by atoms with van der Waals surface area (Å²) in [5.41, 5.74) is 7.16. The number of carbonyl (C=O) groups is 1. The van der Waals surface area contributed by atoms with Crippen LogP contribution in [0.1, 0.15) is 28.9 Å². The second-order valence-electron chi connectivity index (χ2n) is 2.78. The fourth-order valence-corrected chi connectivity index (χ4v) is 1.19. The highest BCUT2D eigenvalue weighted by atomic mass is 16.1. The average Bonchev–Trinajstić information content (AvgIpc) is 2.52. The zero-order valence-electron chi connectivity index (χ0n) is 7.05. The maximum Gasteiger partial charge on any atom is 0.151 e. The largest absolute Gasteiger partial charge is 0.364 e. The van der Waals surface area contributed by atoms with Crippen molar-refractivity contribution in [3.63, 3.8) is 0 Å². The van der Waals surface area contributed by atoms with Crippen molar-refractivity contribution < 1.29 is 4.79 Å². The van der Waals surface area contributed by atoms with Gasteiger partial charge < -0.3 is 10.7 Å². The monoisotopic (exact) mass is 166 g/mol. The third-order valence-corrected chi connectivity index (χ3v) is 1.88. The van der Waals surface area contributed by atoms with Gasteiger partial charge in [-0.1, -0.05) is 0 Å². The number of aromatic amines is 1. The zero-order chi connectivity index (χ0) is 8.81. The minimum Gasteiger partial charge on any atom is -0.364 e. The third-order valence-electron chi connectivity index (χ3n) is 1.88. The predicted molar refractivity (Wildman–Crippen MR) is 48.2 cm³/mol. The standard InChI is InChI=1S/C9H14N2O/c10-5-2-1-3-9-8(7-12)4-6-11-9/h4,6-7,11H,1-3,5,10H2. The van der Waals surface area contributed by atoms with Gasteiger partial charge in [0, 0.05) is 17.5 Å². The van der Waals surface area contributed by atoms with E-state index in [4.69, 9.17) is 5.73 Å². The highest BCUT2D eigenvalue weighted by Crippen LogP contribution is 2.07. The minimum absolute atomic E-state index is 0.719. The molecule has 0 saturated carbocycles. The molecule has 66 valence electrons. The van der Waals surface area contributed by atoms with Crippen LogP contribution < -0.4 is 5.73 Å². The topological polar surface area (TPSA) is 58.9 Å². The first-order valence-electron chi connectivity index (χ1n) is 4.20. The second-order valence-corrected chi connectivity index (χ2v) is 2.78. The maximum atomic E-state index is 10.5. The summed E-state index contributed by atoms with van der Waals surface area (Å²) in [7, 11) is 0. The van der Waals surface area contributed by atoms with E-state index in [0.29, 0.717) is 0 Å². The summed E-state index contributed by atoms with van der Waals surface area (Å²) >= 11 is 0. The lowest BCUT2D eigenvalue weighted by Gasteiger charge is -1.97. The Bertz CT molecular complexity index is 242. The van der Waals surface area contributed by atoms with E-state index in [2.05, 4.69) is 4.98 Å². The number of carbonyl (C=O) groups excluding carboxylic acids is 1. The van der Waals surface area contributed by atoms with Gasteiger partial charge in [-0.3, -0.25) is 4.79 Å². The number of aryl methyl sites for hydroxylation is 1. The second kappa shape index (κ2) is 4.72. The molecule has 0 fully saturated rings. The number of hydrogen-bond donors (Lipinski definition) is 2. The molecule has 3 N–H and O–H groups in total. The number of H-pyrrole nitrogens is 1. The molecular formula is C9H14N2O. The van der Waals surface area contributed by atoms with Crippen LogP contribution in [0.3, 0.4) is 0 Å². The summed E-state index contributed by atoms with van der Waals surface area (Å²) < 4.78 is 0. The van der Waals surface area contributed by atoms with Crippen molar-refractivity contribution in [1.82, 2.24) is 4.98 Å². The number of nitrogens with two attached hydrogens (primary N) is 1. The Balaban J connectivity index is 2.45. The summed E-state index contributed by atoms with van der Waals surface area (Å²) in [6, 6.07) is 1.80. The molecule has 0 bridgehead atoms. The lowest BCUT2D eigenvalue weighted by atomic mass is 10.1. The third kappa shape index (κ3) is 2.20. The Labute approximate surface area is 72.0 Å². The fraction of sp³-hybridized carbons (Fsp3) is 0.444. The molecule has 0 amide bonds. The first-order valence-corrected chi connectivity index (χ1v) is 4.20. The summed E-state index contributed by atoms with van der Waals surface area (Å²) in [5, 5.41) is 0. The van der Waals surface area contributed by atoms with E-state index < -0.39 is 0 Å². The van der Waals surface area contributed by atoms with Crippen LogP contribution in [0.5, 0.6) is 0 Å². The van der Waals surface area contributed by atoms with Gasteiger partial charge in [-0.2, -0.15) is 0 Å². The lowest BCUT2D eigenvalue weighted by Crippen LogP contribution is -1.99. The van der Waals surface area contributed by atoms with E-state index in [1.54, 1.807) is 12.3 Å². The van der Waals surface area contributed by atoms with Crippen molar-refractivity contribution in [3.05, 3.63) is 23.5 Å². The quantitative estimate of drug-likeness (QED) is 0.508. The van der Waals surface area contributed by atoms with E-state index in [1.165, 1.54) is 0 Å². The Morgan fingerprint density at radius 3 is 3.00 bits per heavy atom. The van der Waals surface area contributed by atoms with Crippen LogP contribution in [0.4, 0.5) is 0 Å². The number of nitrogens with one attached hydrogen (secondary N) is 1. The van der Waals surface area contributed by atoms with Gasteiger partial charge in [0.15, 0.2) is 6.29 Å². The minimum atomic E-state index is 0.719. The first kappa shape index (κ1) is 9.00. The number of unbranched alkanes of at least 4 members (excludes halogenated alkanes) is 1. The Hall–Kier alpha value is -1.09. The summed E-state index contributed by atoms with van der Waals surface area (Å²) in [5.74, 6) is 0. The normalized spacial score (nSPS) is 10.1. The lowest BCUT2D eigenvalue weighted by molar-refractivity contribution is 0.112. The van der Waals surface area contributed by atoms with Crippen molar-refractivity contribution in [2.24, 2.45) is 5.73 Å². The van der Waals surface area contributed by atoms with E-state index in [0.717, 1.165) is 43.4 Å². The Kier molecular flexibility index (Phi) is 3.54. The van der Waals surface area contributed by atoms with Gasteiger partial charge in [0.2, 0.25) is 0 Å². The van der Waals surface area contributed by atoms with E-state index in [-0.39, 0.29) is 0 Å². The van der Waals surface area contributed by atoms with Gasteiger partial charge in [-0.15, -0.1) is 0 Å². The smallest absolute Gasteiger partial charge is 0.151 e. The highest BCUT2D eigenvalue weighted by Gasteiger charge is 2.00. The SMILES string of the molecule is NCCCCc1[nH]ccc1C=O. The van der Waals surface area contributed by atoms with Crippen LogP contribution in [-0.2, 0) is 6.42 Å². The first-order chi connectivity index (χ1) is 5.88. The van der Waals surface area contributed by atoms with Gasteiger partial charge in [-0.25, -0.2) is 0 Å². The van der Waals surface area contributed by atoms with E-state index in [9.17, 15) is 4.79 Å². The van der Waals surface area contributed by atoms with E-state index in [1.807, 2.05) is 0 Å². The molecule has 0 atom stereocenters. The van der Waals surface area contributed by atoms with Gasteiger partial charge in [0.1, 0.15) is 0 Å². The molecular weight excluding hydrogens is 152 g/mol. The fourth-order valence-electron chi connectivity index (χ4n) is 1.19. The number of rotatable bonds is 5. The maximum absolute atomic E-state index is 10.5. The molecule has 1 aromatic heterocycles. The van der Waals surface area contributed by atoms with Gasteiger partial charge in [-0.05, 0) is 31.9 Å². The average molecular weight is 166 g/mol. The summed E-state index contributed by atoms with van der Waals surface area (Å²) in [4.78, 5) is 13.5.